The first-order chi connectivity index (χ1) is 14.1. The smallest absolute Gasteiger partial charge is 0.344 e. The Morgan fingerprint density at radius 1 is 0.828 bits per heavy atom. The zero-order valence-corrected chi connectivity index (χ0v) is 15.5. The van der Waals surface area contributed by atoms with Gasteiger partial charge in [-0.15, -0.1) is 0 Å². The maximum atomic E-state index is 12.3. The summed E-state index contributed by atoms with van der Waals surface area (Å²) in [6, 6.07) is 18.8. The van der Waals surface area contributed by atoms with Gasteiger partial charge in [0.15, 0.2) is 19.0 Å². The Bertz CT molecular complexity index is 949. The van der Waals surface area contributed by atoms with Gasteiger partial charge in [-0.25, -0.2) is 4.79 Å². The second-order valence-electron chi connectivity index (χ2n) is 6.02. The summed E-state index contributed by atoms with van der Waals surface area (Å²) in [6.45, 7) is -0.543. The second-order valence-corrected chi connectivity index (χ2v) is 6.02. The van der Waals surface area contributed by atoms with Crippen molar-refractivity contribution in [2.75, 3.05) is 13.2 Å². The molecule has 0 aliphatic heterocycles. The molecule has 1 heterocycles. The number of rotatable bonds is 9. The molecule has 7 nitrogen and oxygen atoms in total. The molecule has 1 N–H and O–H groups in total. The first-order valence-corrected chi connectivity index (χ1v) is 8.89. The molecular formula is C22H19NO6. The first kappa shape index (κ1) is 19.9. The van der Waals surface area contributed by atoms with Crippen molar-refractivity contribution in [3.05, 3.63) is 89.9 Å². The summed E-state index contributed by atoms with van der Waals surface area (Å²) < 4.78 is 15.3. The van der Waals surface area contributed by atoms with E-state index in [0.717, 1.165) is 0 Å². The van der Waals surface area contributed by atoms with E-state index in [2.05, 4.69) is 5.32 Å². The molecule has 1 amide bonds. The van der Waals surface area contributed by atoms with Crippen LogP contribution in [-0.4, -0.2) is 30.9 Å². The van der Waals surface area contributed by atoms with Crippen LogP contribution in [0.2, 0.25) is 0 Å². The van der Waals surface area contributed by atoms with Crippen molar-refractivity contribution < 1.29 is 28.3 Å². The zero-order chi connectivity index (χ0) is 20.5. The van der Waals surface area contributed by atoms with Crippen LogP contribution in [0.15, 0.2) is 77.4 Å². The highest BCUT2D eigenvalue weighted by atomic mass is 16.6. The maximum Gasteiger partial charge on any atom is 0.344 e. The van der Waals surface area contributed by atoms with Gasteiger partial charge < -0.3 is 19.2 Å². The minimum absolute atomic E-state index is 0.0999. The monoisotopic (exact) mass is 393 g/mol. The summed E-state index contributed by atoms with van der Waals surface area (Å²) >= 11 is 0. The van der Waals surface area contributed by atoms with Crippen LogP contribution in [0, 0.1) is 0 Å². The van der Waals surface area contributed by atoms with E-state index in [-0.39, 0.29) is 18.9 Å². The summed E-state index contributed by atoms with van der Waals surface area (Å²) in [5.41, 5.74) is 1.11. The van der Waals surface area contributed by atoms with Crippen molar-refractivity contribution in [2.24, 2.45) is 0 Å². The molecule has 7 heteroatoms. The standard InChI is InChI=1S/C22H19NO6/c24-20(23-13-19-7-4-12-27-19)14-29-21(25)15-28-18-10-8-17(9-11-18)22(26)16-5-2-1-3-6-16/h1-12H,13-15H2,(H,23,24). The number of hydrogen-bond acceptors (Lipinski definition) is 6. The number of esters is 1. The molecular weight excluding hydrogens is 374 g/mol. The molecule has 0 atom stereocenters. The van der Waals surface area contributed by atoms with Gasteiger partial charge in [-0.3, -0.25) is 9.59 Å². The second kappa shape index (κ2) is 9.89. The van der Waals surface area contributed by atoms with Gasteiger partial charge in [0.2, 0.25) is 0 Å². The molecule has 0 unspecified atom stereocenters. The van der Waals surface area contributed by atoms with Crippen LogP contribution in [0.4, 0.5) is 0 Å². The molecule has 2 aromatic carbocycles. The van der Waals surface area contributed by atoms with Crippen molar-refractivity contribution in [3.8, 4) is 5.75 Å². The van der Waals surface area contributed by atoms with Crippen LogP contribution in [0.5, 0.6) is 5.75 Å². The molecule has 0 saturated heterocycles. The van der Waals surface area contributed by atoms with Gasteiger partial charge in [0, 0.05) is 11.1 Å². The number of furan rings is 1. The minimum atomic E-state index is -0.678. The topological polar surface area (TPSA) is 94.8 Å². The van der Waals surface area contributed by atoms with E-state index >= 15 is 0 Å². The lowest BCUT2D eigenvalue weighted by molar-refractivity contribution is -0.150. The van der Waals surface area contributed by atoms with Gasteiger partial charge in [0.25, 0.3) is 5.91 Å². The number of ketones is 1. The zero-order valence-electron chi connectivity index (χ0n) is 15.5. The van der Waals surface area contributed by atoms with Gasteiger partial charge in [0.05, 0.1) is 12.8 Å². The summed E-state index contributed by atoms with van der Waals surface area (Å²) in [4.78, 5) is 35.7. The van der Waals surface area contributed by atoms with E-state index in [1.54, 1.807) is 60.7 Å². The third-order valence-electron chi connectivity index (χ3n) is 3.91. The van der Waals surface area contributed by atoms with E-state index in [4.69, 9.17) is 13.9 Å². The highest BCUT2D eigenvalue weighted by Crippen LogP contribution is 2.15. The average molecular weight is 393 g/mol. The van der Waals surface area contributed by atoms with Crippen molar-refractivity contribution in [1.82, 2.24) is 5.32 Å². The molecule has 29 heavy (non-hydrogen) atoms. The molecule has 0 saturated carbocycles. The first-order valence-electron chi connectivity index (χ1n) is 8.89. The maximum absolute atomic E-state index is 12.3. The van der Waals surface area contributed by atoms with Gasteiger partial charge in [-0.2, -0.15) is 0 Å². The van der Waals surface area contributed by atoms with Crippen LogP contribution in [0.3, 0.4) is 0 Å². The summed E-state index contributed by atoms with van der Waals surface area (Å²) in [5.74, 6) is -0.214. The fourth-order valence-electron chi connectivity index (χ4n) is 2.44. The van der Waals surface area contributed by atoms with Crippen LogP contribution in [0.1, 0.15) is 21.7 Å². The van der Waals surface area contributed by atoms with Crippen LogP contribution < -0.4 is 10.1 Å². The van der Waals surface area contributed by atoms with E-state index in [0.29, 0.717) is 22.6 Å². The molecule has 0 bridgehead atoms. The van der Waals surface area contributed by atoms with Gasteiger partial charge in [-0.05, 0) is 36.4 Å². The van der Waals surface area contributed by atoms with Crippen LogP contribution >= 0.6 is 0 Å². The van der Waals surface area contributed by atoms with Crippen molar-refractivity contribution in [1.29, 1.82) is 0 Å². The number of ether oxygens (including phenoxy) is 2. The number of hydrogen-bond donors (Lipinski definition) is 1. The Balaban J connectivity index is 1.39. The van der Waals surface area contributed by atoms with E-state index in [1.807, 2.05) is 6.07 Å². The summed E-state index contributed by atoms with van der Waals surface area (Å²) in [6.07, 6.45) is 1.50. The number of nitrogens with one attached hydrogen (secondary N) is 1. The fourth-order valence-corrected chi connectivity index (χ4v) is 2.44. The predicted octanol–water partition coefficient (Wildman–Crippen LogP) is 2.75. The van der Waals surface area contributed by atoms with Crippen LogP contribution in [0.25, 0.3) is 0 Å². The molecule has 0 spiro atoms. The normalized spacial score (nSPS) is 10.2. The quantitative estimate of drug-likeness (QED) is 0.444. The van der Waals surface area contributed by atoms with Crippen LogP contribution in [-0.2, 0) is 20.9 Å². The lowest BCUT2D eigenvalue weighted by Gasteiger charge is -2.08. The SMILES string of the molecule is O=C(COC(=O)COc1ccc(C(=O)c2ccccc2)cc1)NCc1ccco1. The molecule has 148 valence electrons. The lowest BCUT2D eigenvalue weighted by atomic mass is 10.0. The Kier molecular flexibility index (Phi) is 6.78. The molecule has 0 radical (unpaired) electrons. The Morgan fingerprint density at radius 2 is 1.55 bits per heavy atom. The predicted molar refractivity (Wildman–Crippen MR) is 103 cm³/mol. The molecule has 0 aliphatic rings. The van der Waals surface area contributed by atoms with E-state index in [9.17, 15) is 14.4 Å². The fraction of sp³-hybridized carbons (Fsp3) is 0.136. The molecule has 0 fully saturated rings. The largest absolute Gasteiger partial charge is 0.482 e. The Labute approximate surface area is 167 Å². The molecule has 3 aromatic rings. The number of carbonyl (C=O) groups is 3. The third kappa shape index (κ3) is 6.07. The minimum Gasteiger partial charge on any atom is -0.482 e. The van der Waals surface area contributed by atoms with Gasteiger partial charge in [0.1, 0.15) is 11.5 Å². The third-order valence-corrected chi connectivity index (χ3v) is 3.91. The highest BCUT2D eigenvalue weighted by Gasteiger charge is 2.11. The van der Waals surface area contributed by atoms with Gasteiger partial charge in [-0.1, -0.05) is 30.3 Å². The molecule has 0 aliphatic carbocycles. The average Bonchev–Trinajstić information content (AvgIpc) is 3.29. The van der Waals surface area contributed by atoms with Crippen molar-refractivity contribution in [2.45, 2.75) is 6.54 Å². The van der Waals surface area contributed by atoms with E-state index < -0.39 is 18.5 Å². The Hall–Kier alpha value is -3.87. The number of carbonyl (C=O) groups excluding carboxylic acids is 3. The lowest BCUT2D eigenvalue weighted by Crippen LogP contribution is -2.29. The number of amides is 1. The number of benzene rings is 2. The molecule has 1 aromatic heterocycles. The van der Waals surface area contributed by atoms with Gasteiger partial charge >= 0.3 is 5.97 Å². The van der Waals surface area contributed by atoms with Crippen molar-refractivity contribution >= 4 is 17.7 Å². The van der Waals surface area contributed by atoms with Crippen molar-refractivity contribution in [3.63, 3.8) is 0 Å². The summed E-state index contributed by atoms with van der Waals surface area (Å²) in [7, 11) is 0. The van der Waals surface area contributed by atoms with E-state index in [1.165, 1.54) is 6.26 Å². The summed E-state index contributed by atoms with van der Waals surface area (Å²) in [5, 5.41) is 2.56. The highest BCUT2D eigenvalue weighted by molar-refractivity contribution is 6.08. The Morgan fingerprint density at radius 3 is 2.24 bits per heavy atom. The molecule has 3 rings (SSSR count).